The van der Waals surface area contributed by atoms with E-state index >= 15 is 0 Å². The van der Waals surface area contributed by atoms with Crippen molar-refractivity contribution in [2.75, 3.05) is 47.1 Å². The van der Waals surface area contributed by atoms with Crippen LogP contribution in [0.4, 0.5) is 0 Å². The second kappa shape index (κ2) is 6.61. The third kappa shape index (κ3) is 3.02. The van der Waals surface area contributed by atoms with Crippen molar-refractivity contribution in [3.05, 3.63) is 0 Å². The Morgan fingerprint density at radius 1 is 0.714 bits per heavy atom. The van der Waals surface area contributed by atoms with Gasteiger partial charge in [-0.3, -0.25) is 0 Å². The van der Waals surface area contributed by atoms with Gasteiger partial charge < -0.3 is 0 Å². The van der Waals surface area contributed by atoms with E-state index < -0.39 is 18.0 Å². The van der Waals surface area contributed by atoms with Crippen LogP contribution in [0.3, 0.4) is 0 Å². The number of hydrogen-bond acceptors (Lipinski definition) is 7. The second-order valence-electron chi connectivity index (χ2n) is 5.66. The van der Waals surface area contributed by atoms with Gasteiger partial charge in [-0.25, -0.2) is 0 Å². The summed E-state index contributed by atoms with van der Waals surface area (Å²) >= 11 is -6.37. The third-order valence-corrected chi connectivity index (χ3v) is 28.0. The van der Waals surface area contributed by atoms with E-state index in [0.29, 0.717) is 36.9 Å². The fourth-order valence-electron chi connectivity index (χ4n) is 3.83. The topological polar surface area (TPSA) is 98.2 Å². The summed E-state index contributed by atoms with van der Waals surface area (Å²) < 4.78 is 31.6. The molecule has 0 unspecified atom stereocenters. The van der Waals surface area contributed by atoms with Crippen molar-refractivity contribution in [1.29, 1.82) is 0 Å². The molecule has 0 fully saturated rings. The molecule has 0 aromatic rings. The fourth-order valence-corrected chi connectivity index (χ4v) is 22.7. The monoisotopic (exact) mass is 389 g/mol. The number of hydrogen-bond donors (Lipinski definition) is 2. The summed E-state index contributed by atoms with van der Waals surface area (Å²) in [7, 11) is 3.05. The van der Waals surface area contributed by atoms with Crippen LogP contribution in [0.25, 0.3) is 0 Å². The third-order valence-electron chi connectivity index (χ3n) is 4.90. The van der Waals surface area contributed by atoms with Crippen LogP contribution in [0.2, 0.25) is 8.26 Å². The van der Waals surface area contributed by atoms with Crippen molar-refractivity contribution in [2.45, 2.75) is 35.4 Å². The van der Waals surface area contributed by atoms with E-state index in [0.717, 1.165) is 0 Å². The van der Waals surface area contributed by atoms with E-state index in [1.54, 1.807) is 0 Å². The van der Waals surface area contributed by atoms with Crippen molar-refractivity contribution in [3.8, 4) is 0 Å². The van der Waals surface area contributed by atoms with Crippen LogP contribution in [0, 0.1) is 0 Å². The molecule has 4 N–H and O–H groups in total. The van der Waals surface area contributed by atoms with Crippen LogP contribution in [0.5, 0.6) is 0 Å². The fraction of sp³-hybridized carbons (Fsp3) is 1.00. The predicted octanol–water partition coefficient (Wildman–Crippen LogP) is 1.87. The summed E-state index contributed by atoms with van der Waals surface area (Å²) in [5, 5.41) is 0. The molecule has 0 heterocycles. The molecule has 131 valence electrons. The maximum atomic E-state index is 6.28. The summed E-state index contributed by atoms with van der Waals surface area (Å²) in [6.07, 6.45) is 0.587. The van der Waals surface area contributed by atoms with Gasteiger partial charge in [0.1, 0.15) is 0 Å². The van der Waals surface area contributed by atoms with Crippen LogP contribution >= 0.6 is 0 Å². The molecule has 8 heteroatoms. The molecule has 0 spiro atoms. The molecule has 0 rings (SSSR count). The summed E-state index contributed by atoms with van der Waals surface area (Å²) in [6.45, 7) is 7.27. The molecule has 21 heavy (non-hydrogen) atoms. The first-order chi connectivity index (χ1) is 9.82. The maximum absolute atomic E-state index is 6.37. The SMILES string of the molecule is CC[O][Zr]([CH2]CN)([CH2]CCN)([O]C)([O]C)([O]CC)[O]CC. The van der Waals surface area contributed by atoms with E-state index in [1.165, 1.54) is 14.2 Å². The van der Waals surface area contributed by atoms with Crippen molar-refractivity contribution >= 4 is 0 Å². The molecule has 0 aliphatic carbocycles. The van der Waals surface area contributed by atoms with Crippen molar-refractivity contribution < 1.29 is 32.1 Å². The molecule has 0 radical (unpaired) electrons. The first-order valence-electron chi connectivity index (χ1n) is 7.85. The molecule has 7 nitrogen and oxygen atoms in total. The molecule has 0 aliphatic rings. The first-order valence-corrected chi connectivity index (χ1v) is 16.3. The van der Waals surface area contributed by atoms with Gasteiger partial charge in [0.25, 0.3) is 0 Å². The standard InChI is InChI=1S/C3H8N.C2H6N.3C2H5O.2CH3O.Zr/c1-2-3-4;4*1-2-3;2*1-2;/h1-4H2;1-3H2;3*2H2,1H3;2*1H3;/q;;5*-1;+5. The van der Waals surface area contributed by atoms with Crippen LogP contribution in [0.1, 0.15) is 27.2 Å². The van der Waals surface area contributed by atoms with Crippen molar-refractivity contribution in [3.63, 3.8) is 0 Å². The molecule has 0 saturated heterocycles. The zero-order chi connectivity index (χ0) is 16.6. The van der Waals surface area contributed by atoms with Gasteiger partial charge in [0.05, 0.1) is 0 Å². The zero-order valence-electron chi connectivity index (χ0n) is 14.4. The van der Waals surface area contributed by atoms with Crippen LogP contribution in [-0.2, 0) is 32.1 Å². The quantitative estimate of drug-likeness (QED) is 0.495. The molecular formula is C13H35N2O5Zr. The molecule has 0 aliphatic heterocycles. The first kappa shape index (κ1) is 21.6. The van der Waals surface area contributed by atoms with Crippen LogP contribution < -0.4 is 11.5 Å². The van der Waals surface area contributed by atoms with E-state index in [1.807, 2.05) is 20.8 Å². The average Bonchev–Trinajstić information content (AvgIpc) is 2.48. The molecule has 0 saturated carbocycles. The molecule has 0 atom stereocenters. The predicted molar refractivity (Wildman–Crippen MR) is 81.2 cm³/mol. The number of rotatable bonds is 13. The van der Waals surface area contributed by atoms with Gasteiger partial charge in [0.15, 0.2) is 0 Å². The summed E-state index contributed by atoms with van der Waals surface area (Å²) in [6, 6.07) is 0. The Hall–Kier alpha value is 0.603. The Labute approximate surface area is 126 Å². The normalized spacial score (nSPS) is 17.8. The number of nitrogens with two attached hydrogens (primary N) is 2. The Bertz CT molecular complexity index is 309. The summed E-state index contributed by atoms with van der Waals surface area (Å²) in [4.78, 5) is 0. The Morgan fingerprint density at radius 3 is 1.38 bits per heavy atom. The minimum absolute atomic E-state index is 0.236. The van der Waals surface area contributed by atoms with Gasteiger partial charge in [-0.2, -0.15) is 0 Å². The Balaban J connectivity index is 6.65. The van der Waals surface area contributed by atoms with E-state index in [2.05, 4.69) is 0 Å². The Morgan fingerprint density at radius 2 is 1.14 bits per heavy atom. The van der Waals surface area contributed by atoms with Crippen LogP contribution in [-0.4, -0.2) is 47.1 Å². The zero-order valence-corrected chi connectivity index (χ0v) is 16.8. The molecule has 0 aromatic heterocycles. The van der Waals surface area contributed by atoms with E-state index in [9.17, 15) is 0 Å². The minimum atomic E-state index is -6.37. The van der Waals surface area contributed by atoms with Gasteiger partial charge in [-0.15, -0.1) is 0 Å². The molecular weight excluding hydrogens is 355 g/mol. The molecule has 0 amide bonds. The second-order valence-corrected chi connectivity index (χ2v) is 24.7. The van der Waals surface area contributed by atoms with E-state index in [4.69, 9.17) is 25.5 Å². The van der Waals surface area contributed by atoms with E-state index in [-0.39, 0.29) is 10.7 Å². The Kier molecular flexibility index (Phi) is 6.80. The summed E-state index contributed by atoms with van der Waals surface area (Å²) in [5.74, 6) is 0. The molecule has 0 aromatic carbocycles. The summed E-state index contributed by atoms with van der Waals surface area (Å²) in [5.41, 5.74) is 11.6. The van der Waals surface area contributed by atoms with Gasteiger partial charge >= 0.3 is 126 Å². The van der Waals surface area contributed by atoms with Gasteiger partial charge in [-0.1, -0.05) is 0 Å². The van der Waals surface area contributed by atoms with Gasteiger partial charge in [0, 0.05) is 0 Å². The van der Waals surface area contributed by atoms with Crippen molar-refractivity contribution in [1.82, 2.24) is 0 Å². The van der Waals surface area contributed by atoms with Crippen molar-refractivity contribution in [2.24, 2.45) is 11.5 Å². The van der Waals surface area contributed by atoms with Crippen LogP contribution in [0.15, 0.2) is 0 Å². The van der Waals surface area contributed by atoms with Gasteiger partial charge in [-0.05, 0) is 0 Å². The average molecular weight is 391 g/mol. The van der Waals surface area contributed by atoms with Gasteiger partial charge in [0.2, 0.25) is 0 Å². The molecule has 0 bridgehead atoms.